The molecule has 0 radical (unpaired) electrons. The summed E-state index contributed by atoms with van der Waals surface area (Å²) in [5, 5.41) is 13.9. The number of aromatic nitrogens is 2. The van der Waals surface area contributed by atoms with E-state index in [0.717, 1.165) is 18.5 Å². The number of carbonyl (C=O) groups excluding carboxylic acids is 1. The lowest BCUT2D eigenvalue weighted by Crippen LogP contribution is -2.37. The van der Waals surface area contributed by atoms with E-state index in [-0.39, 0.29) is 11.8 Å². The van der Waals surface area contributed by atoms with Crippen LogP contribution in [0.1, 0.15) is 29.8 Å². The standard InChI is InChI=1S/C18H19N3O3/c22-16(15-8-10-19-21(15)14-6-2-1-3-7-14)20-11-13-5-4-9-18(13,12-20)17(23)24/h1-3,6-8,10,13H,4-5,9,11-12H2,(H,23,24)/t13-,18+/m0/s1. The van der Waals surface area contributed by atoms with Gasteiger partial charge in [0.05, 0.1) is 17.3 Å². The molecule has 1 N–H and O–H groups in total. The van der Waals surface area contributed by atoms with Gasteiger partial charge in [0, 0.05) is 13.1 Å². The van der Waals surface area contributed by atoms with Gasteiger partial charge in [-0.15, -0.1) is 0 Å². The zero-order chi connectivity index (χ0) is 16.7. The lowest BCUT2D eigenvalue weighted by Gasteiger charge is -2.23. The monoisotopic (exact) mass is 325 g/mol. The summed E-state index contributed by atoms with van der Waals surface area (Å²) in [5.41, 5.74) is 0.535. The smallest absolute Gasteiger partial charge is 0.311 e. The molecule has 1 aliphatic heterocycles. The number of carboxylic acid groups (broad SMARTS) is 1. The van der Waals surface area contributed by atoms with Crippen molar-refractivity contribution in [2.75, 3.05) is 13.1 Å². The van der Waals surface area contributed by atoms with Crippen LogP contribution in [0.2, 0.25) is 0 Å². The van der Waals surface area contributed by atoms with E-state index in [1.54, 1.807) is 21.8 Å². The summed E-state index contributed by atoms with van der Waals surface area (Å²) in [7, 11) is 0. The van der Waals surface area contributed by atoms with Crippen LogP contribution in [0.25, 0.3) is 5.69 Å². The van der Waals surface area contributed by atoms with Crippen molar-refractivity contribution < 1.29 is 14.7 Å². The van der Waals surface area contributed by atoms with E-state index in [1.807, 2.05) is 30.3 Å². The van der Waals surface area contributed by atoms with Crippen LogP contribution in [-0.4, -0.2) is 44.8 Å². The van der Waals surface area contributed by atoms with Crippen molar-refractivity contribution in [1.29, 1.82) is 0 Å². The van der Waals surface area contributed by atoms with E-state index in [2.05, 4.69) is 5.10 Å². The van der Waals surface area contributed by atoms with Crippen molar-refractivity contribution >= 4 is 11.9 Å². The van der Waals surface area contributed by atoms with E-state index in [9.17, 15) is 14.7 Å². The van der Waals surface area contributed by atoms with Gasteiger partial charge >= 0.3 is 5.97 Å². The van der Waals surface area contributed by atoms with Crippen molar-refractivity contribution in [1.82, 2.24) is 14.7 Å². The fraction of sp³-hybridized carbons (Fsp3) is 0.389. The topological polar surface area (TPSA) is 75.4 Å². The van der Waals surface area contributed by atoms with Gasteiger partial charge in [-0.05, 0) is 37.0 Å². The summed E-state index contributed by atoms with van der Waals surface area (Å²) in [6, 6.07) is 11.2. The maximum absolute atomic E-state index is 13.0. The fourth-order valence-corrected chi connectivity index (χ4v) is 4.20. The first kappa shape index (κ1) is 14.9. The normalized spacial score (nSPS) is 25.7. The zero-order valence-corrected chi connectivity index (χ0v) is 13.3. The largest absolute Gasteiger partial charge is 0.481 e. The number of fused-ring (bicyclic) bond motifs is 1. The molecule has 6 heteroatoms. The highest BCUT2D eigenvalue weighted by Gasteiger charge is 2.56. The molecule has 1 amide bonds. The fourth-order valence-electron chi connectivity index (χ4n) is 4.20. The van der Waals surface area contributed by atoms with Crippen LogP contribution in [0.15, 0.2) is 42.6 Å². The van der Waals surface area contributed by atoms with Gasteiger partial charge in [0.1, 0.15) is 5.69 Å². The third-order valence-corrected chi connectivity index (χ3v) is 5.45. The Balaban J connectivity index is 1.63. The van der Waals surface area contributed by atoms with Gasteiger partial charge in [0.15, 0.2) is 0 Å². The van der Waals surface area contributed by atoms with Crippen LogP contribution in [0.5, 0.6) is 0 Å². The highest BCUT2D eigenvalue weighted by atomic mass is 16.4. The Morgan fingerprint density at radius 3 is 2.71 bits per heavy atom. The Morgan fingerprint density at radius 1 is 1.21 bits per heavy atom. The zero-order valence-electron chi connectivity index (χ0n) is 13.3. The summed E-state index contributed by atoms with van der Waals surface area (Å²) < 4.78 is 1.61. The predicted molar refractivity (Wildman–Crippen MR) is 86.9 cm³/mol. The number of hydrogen-bond donors (Lipinski definition) is 1. The Hall–Kier alpha value is -2.63. The Labute approximate surface area is 139 Å². The number of nitrogens with zero attached hydrogens (tertiary/aromatic N) is 3. The van der Waals surface area contributed by atoms with E-state index in [1.165, 1.54) is 0 Å². The molecule has 1 saturated carbocycles. The Kier molecular flexibility index (Phi) is 3.40. The molecule has 2 aromatic rings. The first-order chi connectivity index (χ1) is 11.6. The van der Waals surface area contributed by atoms with Crippen LogP contribution in [0, 0.1) is 11.3 Å². The highest BCUT2D eigenvalue weighted by molar-refractivity contribution is 5.94. The van der Waals surface area contributed by atoms with Gasteiger partial charge in [-0.25, -0.2) is 4.68 Å². The second kappa shape index (κ2) is 5.47. The number of rotatable bonds is 3. The number of carboxylic acids is 1. The molecule has 2 heterocycles. The number of aliphatic carboxylic acids is 1. The third-order valence-electron chi connectivity index (χ3n) is 5.45. The number of hydrogen-bond acceptors (Lipinski definition) is 3. The van der Waals surface area contributed by atoms with Crippen molar-refractivity contribution in [2.24, 2.45) is 11.3 Å². The third kappa shape index (κ3) is 2.13. The summed E-state index contributed by atoms with van der Waals surface area (Å²) in [6.07, 6.45) is 4.08. The summed E-state index contributed by atoms with van der Waals surface area (Å²) in [4.78, 5) is 26.5. The molecular formula is C18H19N3O3. The van der Waals surface area contributed by atoms with Crippen molar-refractivity contribution in [2.45, 2.75) is 19.3 Å². The number of amides is 1. The summed E-state index contributed by atoms with van der Waals surface area (Å²) in [5.74, 6) is -0.852. The molecule has 0 unspecified atom stereocenters. The van der Waals surface area contributed by atoms with Crippen molar-refractivity contribution in [3.8, 4) is 5.69 Å². The minimum absolute atomic E-state index is 0.0621. The molecule has 24 heavy (non-hydrogen) atoms. The molecule has 0 spiro atoms. The van der Waals surface area contributed by atoms with Crippen molar-refractivity contribution in [3.63, 3.8) is 0 Å². The molecule has 2 aliphatic rings. The van der Waals surface area contributed by atoms with Crippen LogP contribution in [0.4, 0.5) is 0 Å². The lowest BCUT2D eigenvalue weighted by atomic mass is 9.81. The molecule has 1 aromatic carbocycles. The van der Waals surface area contributed by atoms with Crippen molar-refractivity contribution in [3.05, 3.63) is 48.3 Å². The first-order valence-electron chi connectivity index (χ1n) is 8.24. The van der Waals surface area contributed by atoms with Gasteiger partial charge in [-0.3, -0.25) is 9.59 Å². The number of benzene rings is 1. The molecule has 4 rings (SSSR count). The Morgan fingerprint density at radius 2 is 2.00 bits per heavy atom. The molecule has 0 bridgehead atoms. The van der Waals surface area contributed by atoms with Crippen LogP contribution < -0.4 is 0 Å². The van der Waals surface area contributed by atoms with E-state index >= 15 is 0 Å². The summed E-state index contributed by atoms with van der Waals surface area (Å²) in [6.45, 7) is 0.816. The maximum Gasteiger partial charge on any atom is 0.311 e. The highest BCUT2D eigenvalue weighted by Crippen LogP contribution is 2.49. The SMILES string of the molecule is O=C(c1ccnn1-c1ccccc1)N1C[C@@H]2CCC[C@@]2(C(=O)O)C1. The van der Waals surface area contributed by atoms with Gasteiger partial charge in [0.25, 0.3) is 5.91 Å². The number of carbonyl (C=O) groups is 2. The van der Waals surface area contributed by atoms with Crippen LogP contribution >= 0.6 is 0 Å². The maximum atomic E-state index is 13.0. The minimum Gasteiger partial charge on any atom is -0.481 e. The quantitative estimate of drug-likeness (QED) is 0.939. The average Bonchev–Trinajstić information content (AvgIpc) is 3.28. The molecule has 2 atom stereocenters. The average molecular weight is 325 g/mol. The Bertz CT molecular complexity index is 786. The molecule has 6 nitrogen and oxygen atoms in total. The molecule has 1 aliphatic carbocycles. The van der Waals surface area contributed by atoms with Gasteiger partial charge in [0.2, 0.25) is 0 Å². The van der Waals surface area contributed by atoms with Crippen LogP contribution in [0.3, 0.4) is 0 Å². The van der Waals surface area contributed by atoms with E-state index in [0.29, 0.717) is 25.2 Å². The summed E-state index contributed by atoms with van der Waals surface area (Å²) >= 11 is 0. The second-order valence-electron chi connectivity index (χ2n) is 6.70. The second-order valence-corrected chi connectivity index (χ2v) is 6.70. The predicted octanol–water partition coefficient (Wildman–Crippen LogP) is 2.20. The lowest BCUT2D eigenvalue weighted by molar-refractivity contribution is -0.149. The van der Waals surface area contributed by atoms with Gasteiger partial charge in [-0.2, -0.15) is 5.10 Å². The van der Waals surface area contributed by atoms with Crippen LogP contribution in [-0.2, 0) is 4.79 Å². The van der Waals surface area contributed by atoms with Gasteiger partial charge < -0.3 is 10.0 Å². The van der Waals surface area contributed by atoms with E-state index < -0.39 is 11.4 Å². The number of para-hydroxylation sites is 1. The first-order valence-corrected chi connectivity index (χ1v) is 8.24. The molecule has 1 aromatic heterocycles. The molecular weight excluding hydrogens is 306 g/mol. The van der Waals surface area contributed by atoms with E-state index in [4.69, 9.17) is 0 Å². The minimum atomic E-state index is -0.767. The number of likely N-dealkylation sites (tertiary alicyclic amines) is 1. The molecule has 1 saturated heterocycles. The van der Waals surface area contributed by atoms with Gasteiger partial charge in [-0.1, -0.05) is 24.6 Å². The molecule has 124 valence electrons. The molecule has 2 fully saturated rings.